The van der Waals surface area contributed by atoms with Gasteiger partial charge in [0.1, 0.15) is 17.1 Å². The van der Waals surface area contributed by atoms with Crippen molar-refractivity contribution in [3.8, 4) is 11.6 Å². The molecular weight excluding hydrogens is 456 g/mol. The number of anilines is 2. The third-order valence-corrected chi connectivity index (χ3v) is 7.31. The van der Waals surface area contributed by atoms with Crippen LogP contribution in [0.15, 0.2) is 30.5 Å². The van der Waals surface area contributed by atoms with Gasteiger partial charge in [-0.1, -0.05) is 12.1 Å². The molecule has 9 nitrogen and oxygen atoms in total. The number of carbonyl (C=O) groups is 1. The Hall–Kier alpha value is -3.49. The molecule has 2 fully saturated rings. The number of fused-ring (bicyclic) bond motifs is 1. The van der Waals surface area contributed by atoms with Crippen LogP contribution in [0.25, 0.3) is 10.9 Å². The normalized spacial score (nSPS) is 17.4. The van der Waals surface area contributed by atoms with Gasteiger partial charge in [-0.15, -0.1) is 0 Å². The Morgan fingerprint density at radius 3 is 2.36 bits per heavy atom. The number of benzene rings is 1. The number of piperazine rings is 1. The fourth-order valence-electron chi connectivity index (χ4n) is 4.74. The summed E-state index contributed by atoms with van der Waals surface area (Å²) < 4.78 is 7.82. The summed E-state index contributed by atoms with van der Waals surface area (Å²) in [6.07, 6.45) is 5.79. The minimum absolute atomic E-state index is 0.0206. The van der Waals surface area contributed by atoms with Crippen molar-refractivity contribution in [2.45, 2.75) is 65.1 Å². The highest BCUT2D eigenvalue weighted by molar-refractivity contribution is 5.94. The Bertz CT molecular complexity index is 1230. The van der Waals surface area contributed by atoms with Gasteiger partial charge < -0.3 is 29.5 Å². The molecule has 2 aromatic heterocycles. The molecule has 0 radical (unpaired) electrons. The third-order valence-electron chi connectivity index (χ3n) is 7.31. The van der Waals surface area contributed by atoms with E-state index < -0.39 is 0 Å². The zero-order valence-corrected chi connectivity index (χ0v) is 21.6. The number of carbonyl (C=O) groups excluding carboxylic acids is 1. The molecule has 1 aliphatic heterocycles. The van der Waals surface area contributed by atoms with Gasteiger partial charge in [0.15, 0.2) is 0 Å². The molecule has 0 bridgehead atoms. The Balaban J connectivity index is 1.42. The average Bonchev–Trinajstić information content (AvgIpc) is 3.19. The predicted octanol–water partition coefficient (Wildman–Crippen LogP) is 4.49. The minimum Gasteiger partial charge on any atom is -0.493 e. The monoisotopic (exact) mass is 492 g/mol. The molecular formula is C27H36N6O3. The molecule has 192 valence electrons. The maximum Gasteiger partial charge on any atom is 0.228 e. The summed E-state index contributed by atoms with van der Waals surface area (Å²) in [7, 11) is 0. The van der Waals surface area contributed by atoms with Gasteiger partial charge in [-0.25, -0.2) is 4.98 Å². The van der Waals surface area contributed by atoms with Crippen LogP contribution in [-0.4, -0.2) is 62.7 Å². The molecule has 1 saturated carbocycles. The summed E-state index contributed by atoms with van der Waals surface area (Å²) in [5.41, 5.74) is 1.65. The van der Waals surface area contributed by atoms with Crippen LogP contribution < -0.4 is 15.0 Å². The molecule has 2 N–H and O–H groups in total. The van der Waals surface area contributed by atoms with E-state index in [-0.39, 0.29) is 23.9 Å². The zero-order valence-electron chi connectivity index (χ0n) is 21.6. The van der Waals surface area contributed by atoms with E-state index in [1.807, 2.05) is 41.6 Å². The van der Waals surface area contributed by atoms with Crippen molar-refractivity contribution in [3.05, 3.63) is 36.0 Å². The van der Waals surface area contributed by atoms with Gasteiger partial charge in [-0.05, 0) is 57.7 Å². The molecule has 3 heterocycles. The number of amides is 1. The van der Waals surface area contributed by atoms with Crippen LogP contribution in [0.2, 0.25) is 0 Å². The first-order valence-corrected chi connectivity index (χ1v) is 13.0. The molecule has 5 rings (SSSR count). The van der Waals surface area contributed by atoms with Crippen LogP contribution >= 0.6 is 0 Å². The second-order valence-electron chi connectivity index (χ2n) is 10.2. The Kier molecular flexibility index (Phi) is 6.64. The smallest absolute Gasteiger partial charge is 0.228 e. The highest BCUT2D eigenvalue weighted by Crippen LogP contribution is 2.35. The largest absolute Gasteiger partial charge is 0.493 e. The van der Waals surface area contributed by atoms with Crippen LogP contribution in [0.3, 0.4) is 0 Å². The van der Waals surface area contributed by atoms with E-state index in [0.29, 0.717) is 49.6 Å². The second kappa shape index (κ2) is 9.87. The van der Waals surface area contributed by atoms with E-state index in [1.54, 1.807) is 6.92 Å². The van der Waals surface area contributed by atoms with Crippen LogP contribution in [0.5, 0.6) is 11.6 Å². The van der Waals surface area contributed by atoms with Crippen LogP contribution in [0.1, 0.15) is 64.6 Å². The molecule has 0 spiro atoms. The summed E-state index contributed by atoms with van der Waals surface area (Å²) >= 11 is 0. The van der Waals surface area contributed by atoms with Crippen molar-refractivity contribution in [2.75, 3.05) is 36.4 Å². The second-order valence-corrected chi connectivity index (χ2v) is 10.2. The lowest BCUT2D eigenvalue weighted by atomic mass is 9.96. The molecule has 1 atom stereocenters. The Morgan fingerprint density at radius 2 is 1.78 bits per heavy atom. The maximum absolute atomic E-state index is 11.8. The standard InChI is InChI=1S/C27H36N6O3/c1-17(2)33-16-23-24(26(33)35)29-27(32-14-12-31(13-15-32)19(4)34)30-25(23)28-18(3)20-8-10-22(11-9-20)36-21-6-5-7-21/h8-11,16-18,21,35H,5-7,12-15H2,1-4H3,(H,28,29,30)/t18-/m1/s1. The number of rotatable bonds is 7. The fraction of sp³-hybridized carbons (Fsp3) is 0.519. The number of hydrogen-bond donors (Lipinski definition) is 2. The van der Waals surface area contributed by atoms with E-state index in [0.717, 1.165) is 29.5 Å². The fourth-order valence-corrected chi connectivity index (χ4v) is 4.74. The number of nitrogens with one attached hydrogen (secondary N) is 1. The van der Waals surface area contributed by atoms with Crippen molar-refractivity contribution in [3.63, 3.8) is 0 Å². The summed E-state index contributed by atoms with van der Waals surface area (Å²) in [6.45, 7) is 10.3. The molecule has 3 aromatic rings. The molecule has 1 aliphatic carbocycles. The van der Waals surface area contributed by atoms with Crippen molar-refractivity contribution < 1.29 is 14.6 Å². The molecule has 2 aliphatic rings. The van der Waals surface area contributed by atoms with Gasteiger partial charge in [0.05, 0.1) is 11.5 Å². The highest BCUT2D eigenvalue weighted by atomic mass is 16.5. The van der Waals surface area contributed by atoms with E-state index in [9.17, 15) is 9.90 Å². The Morgan fingerprint density at radius 1 is 1.08 bits per heavy atom. The predicted molar refractivity (Wildman–Crippen MR) is 141 cm³/mol. The molecule has 0 unspecified atom stereocenters. The van der Waals surface area contributed by atoms with Crippen molar-refractivity contribution >= 4 is 28.6 Å². The van der Waals surface area contributed by atoms with E-state index in [2.05, 4.69) is 29.3 Å². The zero-order chi connectivity index (χ0) is 25.4. The summed E-state index contributed by atoms with van der Waals surface area (Å²) in [5, 5.41) is 15.3. The number of aromatic nitrogens is 3. The topological polar surface area (TPSA) is 95.8 Å². The first kappa shape index (κ1) is 24.2. The number of nitrogens with zero attached hydrogens (tertiary/aromatic N) is 5. The van der Waals surface area contributed by atoms with E-state index in [4.69, 9.17) is 14.7 Å². The van der Waals surface area contributed by atoms with Gasteiger partial charge in [0.2, 0.25) is 17.7 Å². The molecule has 1 amide bonds. The van der Waals surface area contributed by atoms with Crippen LogP contribution in [0.4, 0.5) is 11.8 Å². The van der Waals surface area contributed by atoms with Crippen molar-refractivity contribution in [1.82, 2.24) is 19.4 Å². The average molecular weight is 493 g/mol. The van der Waals surface area contributed by atoms with Gasteiger partial charge in [-0.3, -0.25) is 4.79 Å². The van der Waals surface area contributed by atoms with Crippen molar-refractivity contribution in [1.29, 1.82) is 0 Å². The summed E-state index contributed by atoms with van der Waals surface area (Å²) in [4.78, 5) is 25.3. The van der Waals surface area contributed by atoms with Gasteiger partial charge in [0.25, 0.3) is 0 Å². The number of hydrogen-bond acceptors (Lipinski definition) is 7. The van der Waals surface area contributed by atoms with E-state index >= 15 is 0 Å². The number of aromatic hydroxyl groups is 1. The Labute approximate surface area is 212 Å². The van der Waals surface area contributed by atoms with Gasteiger partial charge in [0, 0.05) is 51.4 Å². The SMILES string of the molecule is CC(=O)N1CCN(c2nc(N[C@H](C)c3ccc(OC4CCC4)cc3)c3cn(C(C)C)c(O)c3n2)CC1. The van der Waals surface area contributed by atoms with Gasteiger partial charge >= 0.3 is 0 Å². The molecule has 1 aromatic carbocycles. The minimum atomic E-state index is -0.0206. The first-order chi connectivity index (χ1) is 17.3. The lowest BCUT2D eigenvalue weighted by Gasteiger charge is -2.34. The first-order valence-electron chi connectivity index (χ1n) is 13.0. The third kappa shape index (κ3) is 4.79. The highest BCUT2D eigenvalue weighted by Gasteiger charge is 2.25. The van der Waals surface area contributed by atoms with Crippen LogP contribution in [-0.2, 0) is 4.79 Å². The summed E-state index contributed by atoms with van der Waals surface area (Å²) in [6, 6.07) is 8.29. The number of ether oxygens (including phenoxy) is 1. The lowest BCUT2D eigenvalue weighted by molar-refractivity contribution is -0.129. The summed E-state index contributed by atoms with van der Waals surface area (Å²) in [5.74, 6) is 2.37. The molecule has 36 heavy (non-hydrogen) atoms. The quantitative estimate of drug-likeness (QED) is 0.502. The maximum atomic E-state index is 11.8. The van der Waals surface area contributed by atoms with Crippen LogP contribution in [0, 0.1) is 0 Å². The lowest BCUT2D eigenvalue weighted by Crippen LogP contribution is -2.48. The van der Waals surface area contributed by atoms with Gasteiger partial charge in [-0.2, -0.15) is 4.98 Å². The van der Waals surface area contributed by atoms with E-state index in [1.165, 1.54) is 6.42 Å². The van der Waals surface area contributed by atoms with Crippen molar-refractivity contribution in [2.24, 2.45) is 0 Å². The molecule has 1 saturated heterocycles. The molecule has 9 heteroatoms.